The summed E-state index contributed by atoms with van der Waals surface area (Å²) in [6, 6.07) is 20.6. The largest absolute Gasteiger partial charge is 0.508 e. The van der Waals surface area contributed by atoms with Crippen molar-refractivity contribution >= 4 is 27.2 Å². The average Bonchev–Trinajstić information content (AvgIpc) is 2.67. The van der Waals surface area contributed by atoms with Crippen molar-refractivity contribution in [3.05, 3.63) is 95.0 Å². The Morgan fingerprint density at radius 1 is 1.04 bits per heavy atom. The fourth-order valence-corrected chi connectivity index (χ4v) is 4.63. The van der Waals surface area contributed by atoms with E-state index in [1.54, 1.807) is 18.2 Å². The minimum absolute atomic E-state index is 0.0452. The molecule has 28 heavy (non-hydrogen) atoms. The lowest BCUT2D eigenvalue weighted by Gasteiger charge is -2.12. The maximum atomic E-state index is 13.0. The lowest BCUT2D eigenvalue weighted by molar-refractivity contribution is 0.513. The summed E-state index contributed by atoms with van der Waals surface area (Å²) in [5.41, 5.74) is 2.67. The van der Waals surface area contributed by atoms with Crippen LogP contribution in [0.4, 0.5) is 0 Å². The van der Waals surface area contributed by atoms with Crippen molar-refractivity contribution in [1.82, 2.24) is 0 Å². The molecule has 0 aromatic heterocycles. The van der Waals surface area contributed by atoms with Gasteiger partial charge in [-0.15, -0.1) is 0 Å². The molecule has 0 aliphatic rings. The molecular weight excluding hydrogens is 394 g/mol. The van der Waals surface area contributed by atoms with E-state index in [0.717, 1.165) is 11.1 Å². The van der Waals surface area contributed by atoms with Crippen molar-refractivity contribution in [2.24, 2.45) is 0 Å². The van der Waals surface area contributed by atoms with E-state index in [-0.39, 0.29) is 27.0 Å². The standard InChI is InChI=1S/C22H16ClNO3S/c1-15(25)22-8-7-18(17-5-3-2-4-6-17)11-19(22)14-28(26,27)21-10-16(13-24)9-20(23)12-21/h2-12,25H,1,14H2. The second kappa shape index (κ2) is 7.89. The second-order valence-electron chi connectivity index (χ2n) is 6.23. The van der Waals surface area contributed by atoms with E-state index in [1.165, 1.54) is 18.2 Å². The SMILES string of the molecule is C=C(O)c1ccc(-c2ccccc2)cc1CS(=O)(=O)c1cc(Cl)cc(C#N)c1. The first-order chi connectivity index (χ1) is 13.3. The average molecular weight is 410 g/mol. The molecule has 3 aromatic carbocycles. The number of sulfone groups is 1. The lowest BCUT2D eigenvalue weighted by Crippen LogP contribution is -2.08. The number of nitrogens with zero attached hydrogens (tertiary/aromatic N) is 1. The van der Waals surface area contributed by atoms with E-state index >= 15 is 0 Å². The zero-order valence-electron chi connectivity index (χ0n) is 14.8. The molecule has 6 heteroatoms. The highest BCUT2D eigenvalue weighted by Crippen LogP contribution is 2.29. The maximum Gasteiger partial charge on any atom is 0.182 e. The predicted octanol–water partition coefficient (Wildman–Crippen LogP) is 5.38. The van der Waals surface area contributed by atoms with Gasteiger partial charge in [0.25, 0.3) is 0 Å². The van der Waals surface area contributed by atoms with E-state index in [0.29, 0.717) is 11.1 Å². The Hall–Kier alpha value is -3.07. The van der Waals surface area contributed by atoms with Crippen LogP contribution in [0.1, 0.15) is 16.7 Å². The van der Waals surface area contributed by atoms with Crippen molar-refractivity contribution < 1.29 is 13.5 Å². The zero-order chi connectivity index (χ0) is 20.3. The van der Waals surface area contributed by atoms with E-state index in [2.05, 4.69) is 6.58 Å². The van der Waals surface area contributed by atoms with Crippen molar-refractivity contribution in [3.8, 4) is 17.2 Å². The van der Waals surface area contributed by atoms with E-state index in [1.807, 2.05) is 36.4 Å². The number of rotatable bonds is 5. The van der Waals surface area contributed by atoms with E-state index in [4.69, 9.17) is 16.9 Å². The fraction of sp³-hybridized carbons (Fsp3) is 0.0455. The molecular formula is C22H16ClNO3S. The summed E-state index contributed by atoms with van der Waals surface area (Å²) in [5, 5.41) is 19.1. The summed E-state index contributed by atoms with van der Waals surface area (Å²) < 4.78 is 25.9. The molecule has 3 rings (SSSR count). The number of nitriles is 1. The molecule has 0 aliphatic heterocycles. The third kappa shape index (κ3) is 4.25. The van der Waals surface area contributed by atoms with Gasteiger partial charge in [0.1, 0.15) is 5.76 Å². The van der Waals surface area contributed by atoms with Crippen LogP contribution >= 0.6 is 11.6 Å². The first kappa shape index (κ1) is 19.7. The van der Waals surface area contributed by atoms with Gasteiger partial charge in [0.05, 0.1) is 22.3 Å². The normalized spacial score (nSPS) is 11.0. The predicted molar refractivity (Wildman–Crippen MR) is 111 cm³/mol. The number of aliphatic hydroxyl groups excluding tert-OH is 1. The van der Waals surface area contributed by atoms with Gasteiger partial charge in [-0.1, -0.05) is 60.6 Å². The number of halogens is 1. The van der Waals surface area contributed by atoms with Gasteiger partial charge in [-0.25, -0.2) is 8.42 Å². The smallest absolute Gasteiger partial charge is 0.182 e. The van der Waals surface area contributed by atoms with Crippen LogP contribution in [0.25, 0.3) is 16.9 Å². The quantitative estimate of drug-likeness (QED) is 0.573. The van der Waals surface area contributed by atoms with Gasteiger partial charge in [-0.05, 0) is 41.0 Å². The molecule has 0 fully saturated rings. The van der Waals surface area contributed by atoms with Crippen molar-refractivity contribution in [2.45, 2.75) is 10.6 Å². The Balaban J connectivity index is 2.08. The Morgan fingerprint density at radius 3 is 2.39 bits per heavy atom. The highest BCUT2D eigenvalue weighted by Gasteiger charge is 2.20. The van der Waals surface area contributed by atoms with Crippen molar-refractivity contribution in [2.75, 3.05) is 0 Å². The van der Waals surface area contributed by atoms with Gasteiger partial charge in [-0.2, -0.15) is 5.26 Å². The first-order valence-corrected chi connectivity index (χ1v) is 10.3. The monoisotopic (exact) mass is 409 g/mol. The van der Waals surface area contributed by atoms with Crippen molar-refractivity contribution in [3.63, 3.8) is 0 Å². The van der Waals surface area contributed by atoms with Gasteiger partial charge in [0, 0.05) is 10.6 Å². The minimum Gasteiger partial charge on any atom is -0.508 e. The summed E-state index contributed by atoms with van der Waals surface area (Å²) in [5.74, 6) is -0.582. The van der Waals surface area contributed by atoms with Gasteiger partial charge < -0.3 is 5.11 Å². The zero-order valence-corrected chi connectivity index (χ0v) is 16.3. The number of hydrogen-bond acceptors (Lipinski definition) is 4. The third-order valence-electron chi connectivity index (χ3n) is 4.23. The van der Waals surface area contributed by atoms with E-state index < -0.39 is 9.84 Å². The maximum absolute atomic E-state index is 13.0. The third-order valence-corrected chi connectivity index (χ3v) is 6.09. The summed E-state index contributed by atoms with van der Waals surface area (Å²) in [6.07, 6.45) is 0. The molecule has 3 aromatic rings. The Kier molecular flexibility index (Phi) is 5.55. The molecule has 1 N–H and O–H groups in total. The van der Waals surface area contributed by atoms with Gasteiger partial charge >= 0.3 is 0 Å². The number of hydrogen-bond donors (Lipinski definition) is 1. The Bertz CT molecular complexity index is 1200. The van der Waals surface area contributed by atoms with Crippen LogP contribution in [-0.4, -0.2) is 13.5 Å². The molecule has 0 heterocycles. The molecule has 0 atom stereocenters. The highest BCUT2D eigenvalue weighted by atomic mass is 35.5. The molecule has 4 nitrogen and oxygen atoms in total. The molecule has 0 bridgehead atoms. The Labute approximate surface area is 168 Å². The fourth-order valence-electron chi connectivity index (χ4n) is 2.90. The molecule has 140 valence electrons. The van der Waals surface area contributed by atoms with Crippen LogP contribution in [-0.2, 0) is 15.6 Å². The summed E-state index contributed by atoms with van der Waals surface area (Å²) in [6.45, 7) is 3.53. The summed E-state index contributed by atoms with van der Waals surface area (Å²) in [4.78, 5) is -0.0452. The molecule has 0 radical (unpaired) electrons. The van der Waals surface area contributed by atoms with Crippen LogP contribution in [0.3, 0.4) is 0 Å². The van der Waals surface area contributed by atoms with Crippen LogP contribution in [0.5, 0.6) is 0 Å². The highest BCUT2D eigenvalue weighted by molar-refractivity contribution is 7.90. The molecule has 0 amide bonds. The van der Waals surface area contributed by atoms with Crippen LogP contribution in [0.15, 0.2) is 78.2 Å². The second-order valence-corrected chi connectivity index (χ2v) is 8.66. The molecule has 0 saturated carbocycles. The summed E-state index contributed by atoms with van der Waals surface area (Å²) in [7, 11) is -3.81. The molecule has 0 spiro atoms. The van der Waals surface area contributed by atoms with Gasteiger partial charge in [0.2, 0.25) is 0 Å². The van der Waals surface area contributed by atoms with E-state index in [9.17, 15) is 13.5 Å². The molecule has 0 aliphatic carbocycles. The van der Waals surface area contributed by atoms with Crippen LogP contribution in [0, 0.1) is 11.3 Å². The van der Waals surface area contributed by atoms with Gasteiger partial charge in [-0.3, -0.25) is 0 Å². The summed E-state index contributed by atoms with van der Waals surface area (Å²) >= 11 is 5.96. The first-order valence-electron chi connectivity index (χ1n) is 8.30. The minimum atomic E-state index is -3.81. The van der Waals surface area contributed by atoms with Crippen molar-refractivity contribution in [1.29, 1.82) is 5.26 Å². The topological polar surface area (TPSA) is 78.2 Å². The number of benzene rings is 3. The van der Waals surface area contributed by atoms with Crippen LogP contribution in [0.2, 0.25) is 5.02 Å². The molecule has 0 unspecified atom stereocenters. The lowest BCUT2D eigenvalue weighted by atomic mass is 9.99. The van der Waals surface area contributed by atoms with Crippen LogP contribution < -0.4 is 0 Å². The molecule has 0 saturated heterocycles. The Morgan fingerprint density at radius 2 is 1.75 bits per heavy atom. The van der Waals surface area contributed by atoms with Gasteiger partial charge in [0.15, 0.2) is 9.84 Å². The number of aliphatic hydroxyl groups is 1.